The molecule has 0 fully saturated rings. The Morgan fingerprint density at radius 1 is 1.00 bits per heavy atom. The van der Waals surface area contributed by atoms with E-state index in [4.69, 9.17) is 5.26 Å². The van der Waals surface area contributed by atoms with Crippen molar-refractivity contribution in [2.45, 2.75) is 4.90 Å². The topological polar surface area (TPSA) is 63.6 Å². The molecule has 0 saturated heterocycles. The molecule has 5 heteroatoms. The summed E-state index contributed by atoms with van der Waals surface area (Å²) in [5.41, 5.74) is 0. The quantitative estimate of drug-likeness (QED) is 0.626. The van der Waals surface area contributed by atoms with Gasteiger partial charge in [-0.1, -0.05) is 30.3 Å². The van der Waals surface area contributed by atoms with Gasteiger partial charge in [0.2, 0.25) is 0 Å². The Balaban J connectivity index is 2.67. The Kier molecular flexibility index (Phi) is 2.44. The van der Waals surface area contributed by atoms with Crippen molar-refractivity contribution in [3.8, 4) is 0 Å². The van der Waals surface area contributed by atoms with E-state index in [1.807, 2.05) is 12.1 Å². The normalized spacial score (nSPS) is 11.8. The van der Waals surface area contributed by atoms with Gasteiger partial charge in [-0.25, -0.2) is 5.26 Å². The minimum absolute atomic E-state index is 0.0660. The molecule has 0 aromatic heterocycles. The lowest BCUT2D eigenvalue weighted by molar-refractivity contribution is -0.130. The van der Waals surface area contributed by atoms with E-state index in [1.54, 1.807) is 18.2 Å². The number of fused-ring (bicyclic) bond motifs is 1. The van der Waals surface area contributed by atoms with E-state index in [-0.39, 0.29) is 4.90 Å². The first-order valence-corrected chi connectivity index (χ1v) is 5.61. The molecule has 0 radical (unpaired) electrons. The summed E-state index contributed by atoms with van der Waals surface area (Å²) in [6, 6.07) is 11.8. The lowest BCUT2D eigenvalue weighted by atomic mass is 10.1. The van der Waals surface area contributed by atoms with Crippen LogP contribution in [0.3, 0.4) is 0 Å². The highest BCUT2D eigenvalue weighted by Crippen LogP contribution is 2.19. The Hall–Kier alpha value is -1.43. The summed E-state index contributed by atoms with van der Waals surface area (Å²) in [6.45, 7) is 0. The third kappa shape index (κ3) is 1.85. The van der Waals surface area contributed by atoms with Crippen LogP contribution in [0.25, 0.3) is 10.8 Å². The van der Waals surface area contributed by atoms with Gasteiger partial charge in [0.1, 0.15) is 0 Å². The second kappa shape index (κ2) is 3.62. The summed E-state index contributed by atoms with van der Waals surface area (Å²) < 4.78 is 25.8. The van der Waals surface area contributed by atoms with Crippen LogP contribution in [0.5, 0.6) is 0 Å². The minimum Gasteiger partial charge on any atom is -0.235 e. The summed E-state index contributed by atoms with van der Waals surface area (Å²) in [6.07, 6.45) is 0. The van der Waals surface area contributed by atoms with E-state index in [0.717, 1.165) is 10.8 Å². The summed E-state index contributed by atoms with van der Waals surface area (Å²) in [4.78, 5) is -0.0660. The van der Waals surface area contributed by atoms with Gasteiger partial charge in [0.25, 0.3) is 0 Å². The molecule has 15 heavy (non-hydrogen) atoms. The fourth-order valence-corrected chi connectivity index (χ4v) is 1.96. The van der Waals surface area contributed by atoms with Crippen molar-refractivity contribution < 1.29 is 18.0 Å². The maximum atomic E-state index is 11.2. The van der Waals surface area contributed by atoms with Crippen LogP contribution in [0, 0.1) is 0 Å². The van der Waals surface area contributed by atoms with Crippen LogP contribution in [-0.2, 0) is 14.5 Å². The van der Waals surface area contributed by atoms with Gasteiger partial charge in [0.05, 0.1) is 4.90 Å². The number of hydrogen-bond acceptors (Lipinski definition) is 4. The zero-order chi connectivity index (χ0) is 10.9. The summed E-state index contributed by atoms with van der Waals surface area (Å²) in [7, 11) is -4.03. The zero-order valence-corrected chi connectivity index (χ0v) is 8.44. The first kappa shape index (κ1) is 10.1. The first-order valence-electron chi connectivity index (χ1n) is 4.20. The number of hydrogen-bond donors (Lipinski definition) is 1. The third-order valence-electron chi connectivity index (χ3n) is 2.11. The van der Waals surface area contributed by atoms with Gasteiger partial charge < -0.3 is 0 Å². The fraction of sp³-hybridized carbons (Fsp3) is 0. The Morgan fingerprint density at radius 2 is 1.67 bits per heavy atom. The molecule has 0 saturated carbocycles. The number of benzene rings is 2. The molecule has 0 unspecified atom stereocenters. The molecule has 0 heterocycles. The average molecular weight is 224 g/mol. The largest absolute Gasteiger partial charge is 0.323 e. The van der Waals surface area contributed by atoms with E-state index < -0.39 is 10.1 Å². The van der Waals surface area contributed by atoms with Gasteiger partial charge in [-0.05, 0) is 22.9 Å². The maximum Gasteiger partial charge on any atom is 0.323 e. The maximum absolute atomic E-state index is 11.2. The van der Waals surface area contributed by atoms with Crippen LogP contribution in [0.1, 0.15) is 0 Å². The summed E-state index contributed by atoms with van der Waals surface area (Å²) in [5.74, 6) is 0. The van der Waals surface area contributed by atoms with Crippen molar-refractivity contribution in [3.05, 3.63) is 42.5 Å². The first-order chi connectivity index (χ1) is 7.13. The van der Waals surface area contributed by atoms with Gasteiger partial charge >= 0.3 is 10.1 Å². The van der Waals surface area contributed by atoms with Crippen LogP contribution in [-0.4, -0.2) is 13.7 Å². The van der Waals surface area contributed by atoms with Gasteiger partial charge in [-0.3, -0.25) is 0 Å². The molecule has 1 N–H and O–H groups in total. The van der Waals surface area contributed by atoms with E-state index >= 15 is 0 Å². The van der Waals surface area contributed by atoms with Crippen molar-refractivity contribution in [1.29, 1.82) is 0 Å². The molecule has 2 aromatic carbocycles. The lowest BCUT2D eigenvalue weighted by Gasteiger charge is -2.01. The van der Waals surface area contributed by atoms with Crippen LogP contribution in [0.4, 0.5) is 0 Å². The molecule has 4 nitrogen and oxygen atoms in total. The summed E-state index contributed by atoms with van der Waals surface area (Å²) in [5, 5.41) is 9.93. The average Bonchev–Trinajstić information content (AvgIpc) is 2.28. The highest BCUT2D eigenvalue weighted by molar-refractivity contribution is 7.86. The molecular weight excluding hydrogens is 216 g/mol. The Labute approximate surface area is 86.8 Å². The fourth-order valence-electron chi connectivity index (χ4n) is 1.37. The highest BCUT2D eigenvalue weighted by atomic mass is 32.2. The van der Waals surface area contributed by atoms with E-state index in [2.05, 4.69) is 4.33 Å². The molecule has 2 aromatic rings. The van der Waals surface area contributed by atoms with Crippen LogP contribution >= 0.6 is 0 Å². The van der Waals surface area contributed by atoms with Crippen molar-refractivity contribution in [2.24, 2.45) is 0 Å². The molecule has 0 amide bonds. The Bertz CT molecular complexity index is 589. The van der Waals surface area contributed by atoms with Gasteiger partial charge in [-0.2, -0.15) is 8.42 Å². The van der Waals surface area contributed by atoms with Crippen LogP contribution < -0.4 is 0 Å². The summed E-state index contributed by atoms with van der Waals surface area (Å²) >= 11 is 0. The minimum atomic E-state index is -4.03. The van der Waals surface area contributed by atoms with Crippen molar-refractivity contribution >= 4 is 20.9 Å². The highest BCUT2D eigenvalue weighted by Gasteiger charge is 2.14. The third-order valence-corrected chi connectivity index (χ3v) is 3.14. The van der Waals surface area contributed by atoms with Gasteiger partial charge in [0, 0.05) is 0 Å². The Morgan fingerprint density at radius 3 is 2.33 bits per heavy atom. The van der Waals surface area contributed by atoms with Crippen molar-refractivity contribution in [1.82, 2.24) is 0 Å². The molecule has 0 aliphatic carbocycles. The lowest BCUT2D eigenvalue weighted by Crippen LogP contribution is -2.02. The van der Waals surface area contributed by atoms with Crippen molar-refractivity contribution in [3.63, 3.8) is 0 Å². The molecule has 0 atom stereocenters. The van der Waals surface area contributed by atoms with Crippen LogP contribution in [0.15, 0.2) is 47.4 Å². The molecule has 0 aliphatic heterocycles. The van der Waals surface area contributed by atoms with Crippen LogP contribution in [0.2, 0.25) is 0 Å². The van der Waals surface area contributed by atoms with Crippen molar-refractivity contribution in [2.75, 3.05) is 0 Å². The second-order valence-electron chi connectivity index (χ2n) is 3.04. The molecule has 78 valence electrons. The van der Waals surface area contributed by atoms with Gasteiger partial charge in [-0.15, -0.1) is 4.33 Å². The molecule has 0 aliphatic rings. The smallest absolute Gasteiger partial charge is 0.235 e. The monoisotopic (exact) mass is 224 g/mol. The standard InChI is InChI=1S/C10H8O4S/c11-14-15(12,13)10-6-5-8-3-1-2-4-9(8)7-10/h1-7,11H. The molecule has 0 bridgehead atoms. The number of rotatable bonds is 2. The van der Waals surface area contributed by atoms with Gasteiger partial charge in [0.15, 0.2) is 0 Å². The molecular formula is C10H8O4S. The molecule has 2 rings (SSSR count). The molecule has 0 spiro atoms. The van der Waals surface area contributed by atoms with E-state index in [1.165, 1.54) is 12.1 Å². The second-order valence-corrected chi connectivity index (χ2v) is 4.57. The SMILES string of the molecule is O=S(=O)(OO)c1ccc2ccccc2c1. The zero-order valence-electron chi connectivity index (χ0n) is 7.62. The predicted octanol–water partition coefficient (Wildman–Crippen LogP) is 2.02. The van der Waals surface area contributed by atoms with E-state index in [0.29, 0.717) is 0 Å². The van der Waals surface area contributed by atoms with E-state index in [9.17, 15) is 8.42 Å². The predicted molar refractivity (Wildman–Crippen MR) is 54.8 cm³/mol.